The van der Waals surface area contributed by atoms with Crippen molar-refractivity contribution in [2.24, 2.45) is 0 Å². The second-order valence-corrected chi connectivity index (χ2v) is 6.47. The van der Waals surface area contributed by atoms with Crippen molar-refractivity contribution in [2.75, 3.05) is 6.61 Å². The molecule has 0 spiro atoms. The van der Waals surface area contributed by atoms with E-state index in [1.54, 1.807) is 12.1 Å². The third kappa shape index (κ3) is 5.40. The molecular formula is C19H22FNO2. The standard InChI is InChI=1S/C19H22FNO2/c1-19(2,3)15-9-7-14(8-10-15)12-21-18(22)13-23-17-6-4-5-16(20)11-17/h4-11H,12-13H2,1-3H3,(H,21,22). The predicted molar refractivity (Wildman–Crippen MR) is 88.9 cm³/mol. The van der Waals surface area contributed by atoms with Crippen LogP contribution in [0.4, 0.5) is 4.39 Å². The van der Waals surface area contributed by atoms with Crippen LogP contribution in [-0.2, 0) is 16.8 Å². The SMILES string of the molecule is CC(C)(C)c1ccc(CNC(=O)COc2cccc(F)c2)cc1. The summed E-state index contributed by atoms with van der Waals surface area (Å²) < 4.78 is 18.2. The number of nitrogens with one attached hydrogen (secondary N) is 1. The Balaban J connectivity index is 1.80. The van der Waals surface area contributed by atoms with Crippen molar-refractivity contribution >= 4 is 5.91 Å². The van der Waals surface area contributed by atoms with Crippen LogP contribution < -0.4 is 10.1 Å². The van der Waals surface area contributed by atoms with Gasteiger partial charge < -0.3 is 10.1 Å². The van der Waals surface area contributed by atoms with Crippen molar-refractivity contribution in [1.29, 1.82) is 0 Å². The average molecular weight is 315 g/mol. The van der Waals surface area contributed by atoms with Crippen molar-refractivity contribution in [1.82, 2.24) is 5.32 Å². The maximum atomic E-state index is 13.0. The molecule has 23 heavy (non-hydrogen) atoms. The van der Waals surface area contributed by atoms with Gasteiger partial charge in [0.2, 0.25) is 0 Å². The topological polar surface area (TPSA) is 38.3 Å². The molecule has 0 atom stereocenters. The highest BCUT2D eigenvalue weighted by Gasteiger charge is 2.12. The largest absolute Gasteiger partial charge is 0.484 e. The fourth-order valence-corrected chi connectivity index (χ4v) is 2.08. The number of benzene rings is 2. The molecule has 0 fully saturated rings. The Labute approximate surface area is 136 Å². The van der Waals surface area contributed by atoms with Gasteiger partial charge in [-0.2, -0.15) is 0 Å². The molecule has 1 N–H and O–H groups in total. The summed E-state index contributed by atoms with van der Waals surface area (Å²) in [6.07, 6.45) is 0. The van der Waals surface area contributed by atoms with E-state index >= 15 is 0 Å². The molecule has 3 nitrogen and oxygen atoms in total. The first kappa shape index (κ1) is 17.0. The van der Waals surface area contributed by atoms with E-state index in [0.29, 0.717) is 12.3 Å². The Bertz CT molecular complexity index is 660. The number of hydrogen-bond donors (Lipinski definition) is 1. The lowest BCUT2D eigenvalue weighted by Gasteiger charge is -2.19. The number of carbonyl (C=O) groups excluding carboxylic acids is 1. The van der Waals surface area contributed by atoms with Crippen LogP contribution in [0.25, 0.3) is 0 Å². The first-order valence-corrected chi connectivity index (χ1v) is 7.59. The van der Waals surface area contributed by atoms with Crippen LogP contribution in [0.3, 0.4) is 0 Å². The van der Waals surface area contributed by atoms with E-state index in [1.807, 2.05) is 12.1 Å². The van der Waals surface area contributed by atoms with Gasteiger partial charge >= 0.3 is 0 Å². The highest BCUT2D eigenvalue weighted by molar-refractivity contribution is 5.77. The van der Waals surface area contributed by atoms with Gasteiger partial charge in [-0.1, -0.05) is 51.1 Å². The highest BCUT2D eigenvalue weighted by atomic mass is 19.1. The zero-order valence-corrected chi connectivity index (χ0v) is 13.7. The molecule has 0 aliphatic carbocycles. The highest BCUT2D eigenvalue weighted by Crippen LogP contribution is 2.22. The van der Waals surface area contributed by atoms with Crippen LogP contribution in [0.1, 0.15) is 31.9 Å². The molecule has 0 saturated heterocycles. The van der Waals surface area contributed by atoms with Crippen LogP contribution in [-0.4, -0.2) is 12.5 Å². The van der Waals surface area contributed by atoms with Gasteiger partial charge in [0.1, 0.15) is 11.6 Å². The summed E-state index contributed by atoms with van der Waals surface area (Å²) in [7, 11) is 0. The number of hydrogen-bond acceptors (Lipinski definition) is 2. The van der Waals surface area contributed by atoms with Gasteiger partial charge in [-0.25, -0.2) is 4.39 Å². The molecule has 0 radical (unpaired) electrons. The van der Waals surface area contributed by atoms with Crippen molar-refractivity contribution in [2.45, 2.75) is 32.7 Å². The average Bonchev–Trinajstić information content (AvgIpc) is 2.50. The minimum Gasteiger partial charge on any atom is -0.484 e. The Morgan fingerprint density at radius 3 is 2.43 bits per heavy atom. The third-order valence-corrected chi connectivity index (χ3v) is 3.48. The molecule has 0 bridgehead atoms. The van der Waals surface area contributed by atoms with E-state index < -0.39 is 0 Å². The van der Waals surface area contributed by atoms with E-state index in [-0.39, 0.29) is 23.7 Å². The van der Waals surface area contributed by atoms with Gasteiger partial charge in [0.05, 0.1) is 0 Å². The molecule has 4 heteroatoms. The molecular weight excluding hydrogens is 293 g/mol. The first-order valence-electron chi connectivity index (χ1n) is 7.59. The van der Waals surface area contributed by atoms with Crippen LogP contribution in [0.15, 0.2) is 48.5 Å². The predicted octanol–water partition coefficient (Wildman–Crippen LogP) is 3.82. The van der Waals surface area contributed by atoms with Crippen LogP contribution in [0, 0.1) is 5.82 Å². The van der Waals surface area contributed by atoms with E-state index in [2.05, 4.69) is 38.2 Å². The summed E-state index contributed by atoms with van der Waals surface area (Å²) in [4.78, 5) is 11.8. The second kappa shape index (κ2) is 7.27. The number of halogens is 1. The lowest BCUT2D eigenvalue weighted by Crippen LogP contribution is -2.28. The number of ether oxygens (including phenoxy) is 1. The molecule has 0 heterocycles. The monoisotopic (exact) mass is 315 g/mol. The van der Waals surface area contributed by atoms with E-state index in [1.165, 1.54) is 17.7 Å². The maximum Gasteiger partial charge on any atom is 0.258 e. The number of rotatable bonds is 5. The molecule has 0 aliphatic heterocycles. The van der Waals surface area contributed by atoms with Gasteiger partial charge in [0, 0.05) is 12.6 Å². The lowest BCUT2D eigenvalue weighted by atomic mass is 9.87. The summed E-state index contributed by atoms with van der Waals surface area (Å²) in [5.74, 6) is -0.286. The third-order valence-electron chi connectivity index (χ3n) is 3.48. The molecule has 2 aromatic rings. The van der Waals surface area contributed by atoms with Crippen molar-refractivity contribution in [3.63, 3.8) is 0 Å². The summed E-state index contributed by atoms with van der Waals surface area (Å²) in [6, 6.07) is 13.9. The molecule has 1 amide bonds. The van der Waals surface area contributed by atoms with Crippen LogP contribution in [0.2, 0.25) is 0 Å². The Morgan fingerprint density at radius 2 is 1.83 bits per heavy atom. The summed E-state index contributed by atoms with van der Waals surface area (Å²) in [5.41, 5.74) is 2.39. The summed E-state index contributed by atoms with van der Waals surface area (Å²) >= 11 is 0. The minimum absolute atomic E-state index is 0.112. The van der Waals surface area contributed by atoms with Gasteiger partial charge in [-0.3, -0.25) is 4.79 Å². The van der Waals surface area contributed by atoms with Crippen molar-refractivity contribution in [3.05, 3.63) is 65.5 Å². The van der Waals surface area contributed by atoms with Gasteiger partial charge in [-0.05, 0) is 28.7 Å². The second-order valence-electron chi connectivity index (χ2n) is 6.47. The van der Waals surface area contributed by atoms with Crippen molar-refractivity contribution in [3.8, 4) is 5.75 Å². The van der Waals surface area contributed by atoms with Crippen LogP contribution in [0.5, 0.6) is 5.75 Å². The fourth-order valence-electron chi connectivity index (χ4n) is 2.08. The van der Waals surface area contributed by atoms with E-state index in [9.17, 15) is 9.18 Å². The molecule has 2 rings (SSSR count). The number of amides is 1. The smallest absolute Gasteiger partial charge is 0.258 e. The van der Waals surface area contributed by atoms with Gasteiger partial charge in [0.25, 0.3) is 5.91 Å². The normalized spacial score (nSPS) is 11.1. The summed E-state index contributed by atoms with van der Waals surface area (Å²) in [5, 5.41) is 2.78. The number of carbonyl (C=O) groups is 1. The first-order chi connectivity index (χ1) is 10.8. The Hall–Kier alpha value is -2.36. The van der Waals surface area contributed by atoms with Gasteiger partial charge in [-0.15, -0.1) is 0 Å². The van der Waals surface area contributed by atoms with E-state index in [4.69, 9.17) is 4.74 Å². The Morgan fingerprint density at radius 1 is 1.13 bits per heavy atom. The zero-order chi connectivity index (χ0) is 16.9. The molecule has 2 aromatic carbocycles. The maximum absolute atomic E-state index is 13.0. The summed E-state index contributed by atoms with van der Waals surface area (Å²) in [6.45, 7) is 6.79. The zero-order valence-electron chi connectivity index (χ0n) is 13.7. The van der Waals surface area contributed by atoms with Crippen molar-refractivity contribution < 1.29 is 13.9 Å². The molecule has 0 saturated carbocycles. The Kier molecular flexibility index (Phi) is 5.37. The molecule has 0 aromatic heterocycles. The van der Waals surface area contributed by atoms with E-state index in [0.717, 1.165) is 5.56 Å². The molecule has 0 unspecified atom stereocenters. The van der Waals surface area contributed by atoms with Crippen LogP contribution >= 0.6 is 0 Å². The van der Waals surface area contributed by atoms with Gasteiger partial charge in [0.15, 0.2) is 6.61 Å². The quantitative estimate of drug-likeness (QED) is 0.911. The minimum atomic E-state index is -0.387. The molecule has 122 valence electrons. The fraction of sp³-hybridized carbons (Fsp3) is 0.316. The lowest BCUT2D eigenvalue weighted by molar-refractivity contribution is -0.123. The molecule has 0 aliphatic rings.